The third-order valence-corrected chi connectivity index (χ3v) is 5.97. The SMILES string of the molecule is CNCc1ccc(C(=O)NC23CC4CC(CC(F)(C4)C2)C3)cc1. The van der Waals surface area contributed by atoms with Crippen molar-refractivity contribution in [3.63, 3.8) is 0 Å². The van der Waals surface area contributed by atoms with Gasteiger partial charge in [-0.2, -0.15) is 0 Å². The van der Waals surface area contributed by atoms with Crippen LogP contribution in [0.1, 0.15) is 54.4 Å². The lowest BCUT2D eigenvalue weighted by molar-refractivity contribution is -0.0937. The number of amides is 1. The molecule has 0 heterocycles. The van der Waals surface area contributed by atoms with Crippen molar-refractivity contribution in [2.24, 2.45) is 11.8 Å². The molecule has 5 rings (SSSR count). The molecule has 1 amide bonds. The monoisotopic (exact) mass is 316 g/mol. The molecule has 124 valence electrons. The Morgan fingerprint density at radius 1 is 1.17 bits per heavy atom. The van der Waals surface area contributed by atoms with Crippen molar-refractivity contribution in [1.82, 2.24) is 10.6 Å². The number of carbonyl (C=O) groups excluding carboxylic acids is 1. The third kappa shape index (κ3) is 2.78. The van der Waals surface area contributed by atoms with Gasteiger partial charge in [-0.15, -0.1) is 0 Å². The van der Waals surface area contributed by atoms with Crippen LogP contribution in [0.15, 0.2) is 24.3 Å². The average molecular weight is 316 g/mol. The number of benzene rings is 1. The zero-order valence-electron chi connectivity index (χ0n) is 13.7. The highest BCUT2D eigenvalue weighted by molar-refractivity contribution is 5.94. The molecule has 4 saturated carbocycles. The first-order valence-corrected chi connectivity index (χ1v) is 8.74. The number of rotatable bonds is 4. The molecule has 23 heavy (non-hydrogen) atoms. The number of carbonyl (C=O) groups is 1. The lowest BCUT2D eigenvalue weighted by Gasteiger charge is -2.59. The fourth-order valence-electron chi connectivity index (χ4n) is 5.59. The number of halogens is 1. The zero-order valence-corrected chi connectivity index (χ0v) is 13.7. The van der Waals surface area contributed by atoms with Crippen molar-refractivity contribution in [3.8, 4) is 0 Å². The van der Waals surface area contributed by atoms with E-state index < -0.39 is 5.67 Å². The molecule has 2 atom stereocenters. The van der Waals surface area contributed by atoms with Crippen molar-refractivity contribution in [1.29, 1.82) is 0 Å². The molecule has 3 nitrogen and oxygen atoms in total. The van der Waals surface area contributed by atoms with Crippen LogP contribution in [-0.2, 0) is 6.54 Å². The van der Waals surface area contributed by atoms with Gasteiger partial charge < -0.3 is 10.6 Å². The van der Waals surface area contributed by atoms with Crippen molar-refractivity contribution in [2.75, 3.05) is 7.05 Å². The van der Waals surface area contributed by atoms with E-state index in [0.29, 0.717) is 36.7 Å². The van der Waals surface area contributed by atoms with E-state index >= 15 is 0 Å². The number of hydrogen-bond donors (Lipinski definition) is 2. The zero-order chi connectivity index (χ0) is 16.1. The molecular formula is C19H25FN2O. The second-order valence-electron chi connectivity index (χ2n) is 8.07. The Kier molecular flexibility index (Phi) is 3.49. The summed E-state index contributed by atoms with van der Waals surface area (Å²) in [6, 6.07) is 7.69. The van der Waals surface area contributed by atoms with Gasteiger partial charge in [-0.3, -0.25) is 4.79 Å². The molecule has 4 aliphatic carbocycles. The summed E-state index contributed by atoms with van der Waals surface area (Å²) in [4.78, 5) is 12.7. The second-order valence-corrected chi connectivity index (χ2v) is 8.07. The Morgan fingerprint density at radius 3 is 2.39 bits per heavy atom. The third-order valence-electron chi connectivity index (χ3n) is 5.97. The molecule has 4 bridgehead atoms. The van der Waals surface area contributed by atoms with Crippen LogP contribution in [0, 0.1) is 11.8 Å². The maximum atomic E-state index is 15.0. The normalized spacial score (nSPS) is 37.8. The van der Waals surface area contributed by atoms with Crippen LogP contribution in [0.3, 0.4) is 0 Å². The summed E-state index contributed by atoms with van der Waals surface area (Å²) in [5.41, 5.74) is 0.489. The van der Waals surface area contributed by atoms with Crippen LogP contribution in [-0.4, -0.2) is 24.2 Å². The molecule has 2 N–H and O–H groups in total. The summed E-state index contributed by atoms with van der Waals surface area (Å²) in [5.74, 6) is 0.866. The Morgan fingerprint density at radius 2 is 1.83 bits per heavy atom. The number of hydrogen-bond acceptors (Lipinski definition) is 2. The van der Waals surface area contributed by atoms with Crippen LogP contribution >= 0.6 is 0 Å². The molecule has 1 aromatic rings. The van der Waals surface area contributed by atoms with Crippen molar-refractivity contribution in [3.05, 3.63) is 35.4 Å². The highest BCUT2D eigenvalue weighted by atomic mass is 19.1. The molecular weight excluding hydrogens is 291 g/mol. The van der Waals surface area contributed by atoms with Gasteiger partial charge in [-0.1, -0.05) is 12.1 Å². The standard InChI is InChI=1S/C19H25FN2O/c1-21-11-13-2-4-16(5-3-13)17(23)22-19-9-14-6-15(10-19)8-18(20,7-14)12-19/h2-5,14-15,21H,6-12H2,1H3,(H,22,23). The van der Waals surface area contributed by atoms with E-state index in [1.165, 1.54) is 0 Å². The summed E-state index contributed by atoms with van der Waals surface area (Å²) in [6.45, 7) is 0.791. The lowest BCUT2D eigenvalue weighted by Crippen LogP contribution is -2.64. The van der Waals surface area contributed by atoms with Gasteiger partial charge in [0.05, 0.1) is 0 Å². The van der Waals surface area contributed by atoms with Crippen molar-refractivity contribution >= 4 is 5.91 Å². The van der Waals surface area contributed by atoms with Crippen molar-refractivity contribution in [2.45, 2.75) is 56.3 Å². The van der Waals surface area contributed by atoms with E-state index in [2.05, 4.69) is 10.6 Å². The number of alkyl halides is 1. The fraction of sp³-hybridized carbons (Fsp3) is 0.632. The quantitative estimate of drug-likeness (QED) is 0.895. The van der Waals surface area contributed by atoms with E-state index in [-0.39, 0.29) is 11.4 Å². The summed E-state index contributed by atoms with van der Waals surface area (Å²) < 4.78 is 15.0. The molecule has 0 spiro atoms. The molecule has 0 radical (unpaired) electrons. The first kappa shape index (κ1) is 15.1. The molecule has 1 aromatic carbocycles. The maximum absolute atomic E-state index is 15.0. The fourth-order valence-corrected chi connectivity index (χ4v) is 5.59. The van der Waals surface area contributed by atoms with E-state index in [0.717, 1.165) is 31.4 Å². The van der Waals surface area contributed by atoms with Gasteiger partial charge in [0.15, 0.2) is 0 Å². The minimum atomic E-state index is -1.03. The van der Waals surface area contributed by atoms with Gasteiger partial charge >= 0.3 is 0 Å². The maximum Gasteiger partial charge on any atom is 0.251 e. The molecule has 0 saturated heterocycles. The molecule has 4 aliphatic rings. The molecule has 0 aromatic heterocycles. The summed E-state index contributed by atoms with van der Waals surface area (Å²) >= 11 is 0. The van der Waals surface area contributed by atoms with Gasteiger partial charge in [0.25, 0.3) is 5.91 Å². The largest absolute Gasteiger partial charge is 0.346 e. The van der Waals surface area contributed by atoms with Gasteiger partial charge in [0.1, 0.15) is 5.67 Å². The van der Waals surface area contributed by atoms with E-state index in [4.69, 9.17) is 0 Å². The van der Waals surface area contributed by atoms with E-state index in [9.17, 15) is 9.18 Å². The van der Waals surface area contributed by atoms with Gasteiger partial charge in [-0.05, 0) is 68.7 Å². The van der Waals surface area contributed by atoms with Crippen LogP contribution in [0.25, 0.3) is 0 Å². The smallest absolute Gasteiger partial charge is 0.251 e. The van der Waals surface area contributed by atoms with Crippen LogP contribution in [0.2, 0.25) is 0 Å². The molecule has 4 fully saturated rings. The number of nitrogens with one attached hydrogen (secondary N) is 2. The Bertz CT molecular complexity index is 598. The predicted octanol–water partition coefficient (Wildman–Crippen LogP) is 3.20. The van der Waals surface area contributed by atoms with E-state index in [1.807, 2.05) is 31.3 Å². The molecule has 2 unspecified atom stereocenters. The van der Waals surface area contributed by atoms with Crippen molar-refractivity contribution < 1.29 is 9.18 Å². The lowest BCUT2D eigenvalue weighted by atomic mass is 9.51. The van der Waals surface area contributed by atoms with Crippen LogP contribution in [0.5, 0.6) is 0 Å². The Labute approximate surface area is 137 Å². The highest BCUT2D eigenvalue weighted by Gasteiger charge is 2.58. The van der Waals surface area contributed by atoms with Gasteiger partial charge in [-0.25, -0.2) is 4.39 Å². The van der Waals surface area contributed by atoms with Gasteiger partial charge in [0.2, 0.25) is 0 Å². The second kappa shape index (κ2) is 5.30. The minimum Gasteiger partial charge on any atom is -0.346 e. The molecule has 0 aliphatic heterocycles. The summed E-state index contributed by atoms with van der Waals surface area (Å²) in [7, 11) is 1.90. The summed E-state index contributed by atoms with van der Waals surface area (Å²) in [6.07, 6.45) is 5.00. The average Bonchev–Trinajstić information content (AvgIpc) is 2.45. The topological polar surface area (TPSA) is 41.1 Å². The summed E-state index contributed by atoms with van der Waals surface area (Å²) in [5, 5.41) is 6.32. The van der Waals surface area contributed by atoms with Gasteiger partial charge in [0, 0.05) is 24.1 Å². The first-order valence-electron chi connectivity index (χ1n) is 8.74. The molecule has 4 heteroatoms. The Balaban J connectivity index is 1.50. The Hall–Kier alpha value is -1.42. The van der Waals surface area contributed by atoms with Crippen LogP contribution < -0.4 is 10.6 Å². The predicted molar refractivity (Wildman–Crippen MR) is 87.9 cm³/mol. The highest BCUT2D eigenvalue weighted by Crippen LogP contribution is 2.59. The first-order chi connectivity index (χ1) is 11.0. The minimum absolute atomic E-state index is 0.0495. The van der Waals surface area contributed by atoms with Crippen LogP contribution in [0.4, 0.5) is 4.39 Å². The van der Waals surface area contributed by atoms with E-state index in [1.54, 1.807) is 0 Å².